The number of fused-ring (bicyclic) bond motifs is 11. The number of nitrogens with zero attached hydrogens (tertiary/aromatic N) is 3. The highest BCUT2D eigenvalue weighted by Crippen LogP contribution is 2.43. The van der Waals surface area contributed by atoms with E-state index in [0.29, 0.717) is 5.82 Å². The van der Waals surface area contributed by atoms with Crippen molar-refractivity contribution in [1.29, 1.82) is 0 Å². The van der Waals surface area contributed by atoms with Gasteiger partial charge in [-0.05, 0) is 73.8 Å². The lowest BCUT2D eigenvalue weighted by Crippen LogP contribution is -1.96. The van der Waals surface area contributed by atoms with Gasteiger partial charge in [-0.2, -0.15) is 0 Å². The average Bonchev–Trinajstić information content (AvgIpc) is 3.72. The first-order chi connectivity index (χ1) is 29.2. The molecule has 3 heterocycles. The summed E-state index contributed by atoms with van der Waals surface area (Å²) in [6, 6.07) is 70.2. The second-order valence-electron chi connectivity index (χ2n) is 15.1. The van der Waals surface area contributed by atoms with Crippen molar-refractivity contribution in [3.8, 4) is 56.3 Å². The van der Waals surface area contributed by atoms with Crippen molar-refractivity contribution in [2.24, 2.45) is 0 Å². The Kier molecular flexibility index (Phi) is 7.50. The van der Waals surface area contributed by atoms with E-state index >= 15 is 0 Å². The fraction of sp³-hybridized carbons (Fsp3) is 0. The lowest BCUT2D eigenvalue weighted by molar-refractivity contribution is 0.672. The van der Waals surface area contributed by atoms with Crippen molar-refractivity contribution in [3.63, 3.8) is 0 Å². The van der Waals surface area contributed by atoms with E-state index in [1.54, 1.807) is 0 Å². The minimum Gasteiger partial charge on any atom is -0.455 e. The van der Waals surface area contributed by atoms with Crippen LogP contribution in [0.2, 0.25) is 0 Å². The van der Waals surface area contributed by atoms with Crippen LogP contribution < -0.4 is 0 Å². The molecule has 0 bridgehead atoms. The van der Waals surface area contributed by atoms with E-state index in [0.717, 1.165) is 77.7 Å². The molecule has 0 N–H and O–H groups in total. The van der Waals surface area contributed by atoms with E-state index < -0.39 is 0 Å². The molecule has 0 unspecified atom stereocenters. The summed E-state index contributed by atoms with van der Waals surface area (Å²) in [7, 11) is 0. The zero-order valence-corrected chi connectivity index (χ0v) is 31.8. The molecule has 0 saturated heterocycles. The molecule has 0 spiro atoms. The van der Waals surface area contributed by atoms with E-state index in [4.69, 9.17) is 19.4 Å². The Balaban J connectivity index is 1.07. The van der Waals surface area contributed by atoms with Crippen LogP contribution in [0, 0.1) is 0 Å². The predicted molar refractivity (Wildman–Crippen MR) is 244 cm³/mol. The third-order valence-electron chi connectivity index (χ3n) is 11.7. The molecule has 0 atom stereocenters. The molecule has 0 aliphatic carbocycles. The Bertz CT molecular complexity index is 3560. The van der Waals surface area contributed by atoms with Gasteiger partial charge in [0.15, 0.2) is 5.82 Å². The maximum atomic E-state index is 6.72. The van der Waals surface area contributed by atoms with Crippen molar-refractivity contribution in [1.82, 2.24) is 15.0 Å². The van der Waals surface area contributed by atoms with E-state index in [1.165, 1.54) is 37.9 Å². The minimum atomic E-state index is 0.669. The summed E-state index contributed by atoms with van der Waals surface area (Å²) in [4.78, 5) is 15.8. The highest BCUT2D eigenvalue weighted by Gasteiger charge is 2.20. The van der Waals surface area contributed by atoms with E-state index in [-0.39, 0.29) is 0 Å². The average molecular weight is 752 g/mol. The quantitative estimate of drug-likeness (QED) is 0.164. The van der Waals surface area contributed by atoms with Gasteiger partial charge in [0.2, 0.25) is 0 Å². The largest absolute Gasteiger partial charge is 0.455 e. The second-order valence-corrected chi connectivity index (χ2v) is 15.1. The zero-order chi connectivity index (χ0) is 38.9. The van der Waals surface area contributed by atoms with E-state index in [1.807, 2.05) is 36.4 Å². The summed E-state index contributed by atoms with van der Waals surface area (Å²) in [6.45, 7) is 0. The van der Waals surface area contributed by atoms with Gasteiger partial charge >= 0.3 is 0 Å². The van der Waals surface area contributed by atoms with Gasteiger partial charge in [0.25, 0.3) is 0 Å². The number of pyridine rings is 1. The van der Waals surface area contributed by atoms with Crippen LogP contribution in [-0.4, -0.2) is 15.0 Å². The summed E-state index contributed by atoms with van der Waals surface area (Å²) in [5.74, 6) is 0.669. The van der Waals surface area contributed by atoms with Gasteiger partial charge in [0.1, 0.15) is 11.2 Å². The van der Waals surface area contributed by atoms with Gasteiger partial charge < -0.3 is 4.42 Å². The summed E-state index contributed by atoms with van der Waals surface area (Å²) >= 11 is 0. The van der Waals surface area contributed by atoms with Crippen molar-refractivity contribution < 1.29 is 4.42 Å². The summed E-state index contributed by atoms with van der Waals surface area (Å²) in [5.41, 5.74) is 11.4. The lowest BCUT2D eigenvalue weighted by Gasteiger charge is -2.13. The first-order valence-electron chi connectivity index (χ1n) is 19.9. The Morgan fingerprint density at radius 3 is 1.49 bits per heavy atom. The highest BCUT2D eigenvalue weighted by molar-refractivity contribution is 6.26. The van der Waals surface area contributed by atoms with E-state index in [9.17, 15) is 0 Å². The fourth-order valence-corrected chi connectivity index (χ4v) is 8.81. The molecule has 4 heteroatoms. The molecule has 0 saturated carbocycles. The fourth-order valence-electron chi connectivity index (χ4n) is 8.81. The number of para-hydroxylation sites is 1. The van der Waals surface area contributed by atoms with E-state index in [2.05, 4.69) is 164 Å². The molecular weight excluding hydrogens is 719 g/mol. The lowest BCUT2D eigenvalue weighted by atomic mass is 9.92. The maximum absolute atomic E-state index is 6.72. The molecule has 0 amide bonds. The summed E-state index contributed by atoms with van der Waals surface area (Å²) in [5, 5.41) is 10.4. The highest BCUT2D eigenvalue weighted by atomic mass is 16.3. The van der Waals surface area contributed by atoms with Crippen molar-refractivity contribution in [2.45, 2.75) is 0 Å². The van der Waals surface area contributed by atoms with Crippen molar-refractivity contribution >= 4 is 65.2 Å². The Labute approximate surface area is 339 Å². The maximum Gasteiger partial charge on any atom is 0.160 e. The SMILES string of the molecule is c1ccc(-c2ccc(-c3cc(-c4ccc5c(c4)nc(-c4ccc6c7ccccc7c7ccccc7c6c4)c4c6ccccc6oc54)nc(-c4ccccc4)n3)cc2)cc1. The number of benzene rings is 9. The first-order valence-corrected chi connectivity index (χ1v) is 19.9. The predicted octanol–water partition coefficient (Wildman–Crippen LogP) is 14.7. The Morgan fingerprint density at radius 2 is 0.797 bits per heavy atom. The van der Waals surface area contributed by atoms with Crippen LogP contribution in [0.4, 0.5) is 0 Å². The van der Waals surface area contributed by atoms with Crippen LogP contribution in [-0.2, 0) is 0 Å². The molecule has 0 aliphatic heterocycles. The molecule has 12 rings (SSSR count). The smallest absolute Gasteiger partial charge is 0.160 e. The topological polar surface area (TPSA) is 51.8 Å². The van der Waals surface area contributed by atoms with Gasteiger partial charge in [-0.1, -0.05) is 170 Å². The van der Waals surface area contributed by atoms with Crippen LogP contribution in [0.15, 0.2) is 205 Å². The summed E-state index contributed by atoms with van der Waals surface area (Å²) in [6.07, 6.45) is 0. The molecule has 0 aliphatic rings. The van der Waals surface area contributed by atoms with Gasteiger partial charge in [-0.15, -0.1) is 0 Å². The number of rotatable bonds is 5. The monoisotopic (exact) mass is 751 g/mol. The third-order valence-corrected chi connectivity index (χ3v) is 11.7. The second kappa shape index (κ2) is 13.3. The summed E-state index contributed by atoms with van der Waals surface area (Å²) < 4.78 is 6.72. The number of hydrogen-bond acceptors (Lipinski definition) is 4. The molecule has 12 aromatic rings. The molecule has 3 aromatic heterocycles. The van der Waals surface area contributed by atoms with Crippen LogP contribution in [0.3, 0.4) is 0 Å². The van der Waals surface area contributed by atoms with Gasteiger partial charge in [0, 0.05) is 33.0 Å². The first kappa shape index (κ1) is 33.2. The Morgan fingerprint density at radius 1 is 0.305 bits per heavy atom. The molecular formula is C55H33N3O. The minimum absolute atomic E-state index is 0.669. The van der Waals surface area contributed by atoms with Gasteiger partial charge in [-0.25, -0.2) is 15.0 Å². The van der Waals surface area contributed by atoms with Crippen LogP contribution in [0.25, 0.3) is 121 Å². The number of furan rings is 1. The Hall–Kier alpha value is -7.95. The zero-order valence-electron chi connectivity index (χ0n) is 31.8. The number of aromatic nitrogens is 3. The molecule has 274 valence electrons. The third kappa shape index (κ3) is 5.49. The molecule has 0 radical (unpaired) electrons. The number of hydrogen-bond donors (Lipinski definition) is 0. The van der Waals surface area contributed by atoms with Crippen LogP contribution in [0.1, 0.15) is 0 Å². The molecule has 4 nitrogen and oxygen atoms in total. The van der Waals surface area contributed by atoms with Gasteiger partial charge in [0.05, 0.1) is 28.0 Å². The molecule has 0 fully saturated rings. The van der Waals surface area contributed by atoms with Gasteiger partial charge in [-0.3, -0.25) is 0 Å². The molecule has 9 aromatic carbocycles. The standard InChI is InChI=1S/C55H33N3O/c1-3-13-34(14-4-1)35-23-25-36(26-24-35)48-33-49(58-55(57-48)37-15-5-2-6-16-37)38-27-30-45-50(32-38)56-53(52-46-21-11-12-22-51(46)59-54(45)52)39-28-29-44-42-19-8-7-17-40(42)41-18-9-10-20-43(41)47(44)31-39/h1-33H. The van der Waals surface area contributed by atoms with Crippen molar-refractivity contribution in [2.75, 3.05) is 0 Å². The van der Waals surface area contributed by atoms with Crippen molar-refractivity contribution in [3.05, 3.63) is 200 Å². The molecule has 59 heavy (non-hydrogen) atoms. The normalized spacial score (nSPS) is 11.7. The van der Waals surface area contributed by atoms with Crippen LogP contribution >= 0.6 is 0 Å². The van der Waals surface area contributed by atoms with Crippen LogP contribution in [0.5, 0.6) is 0 Å².